The fourth-order valence-electron chi connectivity index (χ4n) is 0.987. The van der Waals surface area contributed by atoms with Crippen LogP contribution in [0.2, 0.25) is 0 Å². The average Bonchev–Trinajstić information content (AvgIpc) is 2.25. The normalized spacial score (nSPS) is 9.94. The zero-order valence-corrected chi connectivity index (χ0v) is 8.83. The van der Waals surface area contributed by atoms with Crippen LogP contribution in [0.15, 0.2) is 18.2 Å². The van der Waals surface area contributed by atoms with Crippen molar-refractivity contribution >= 4 is 5.97 Å². The Morgan fingerprint density at radius 1 is 1.38 bits per heavy atom. The summed E-state index contributed by atoms with van der Waals surface area (Å²) in [5.41, 5.74) is 0. The summed E-state index contributed by atoms with van der Waals surface area (Å²) < 4.78 is 35.1. The molecule has 0 saturated carbocycles. The Morgan fingerprint density at radius 2 is 2.12 bits per heavy atom. The highest BCUT2D eigenvalue weighted by molar-refractivity contribution is 5.71. The lowest BCUT2D eigenvalue weighted by atomic mass is 10.3. The van der Waals surface area contributed by atoms with Crippen LogP contribution in [0.25, 0.3) is 0 Å². The van der Waals surface area contributed by atoms with Gasteiger partial charge in [0.2, 0.25) is 0 Å². The van der Waals surface area contributed by atoms with Gasteiger partial charge in [0.05, 0.1) is 6.61 Å². The van der Waals surface area contributed by atoms with E-state index in [1.165, 1.54) is 0 Å². The Bertz CT molecular complexity index is 366. The number of carbonyl (C=O) groups is 1. The van der Waals surface area contributed by atoms with Crippen LogP contribution in [0.5, 0.6) is 5.75 Å². The van der Waals surface area contributed by atoms with Crippen molar-refractivity contribution in [2.45, 2.75) is 13.3 Å². The summed E-state index contributed by atoms with van der Waals surface area (Å²) in [5.74, 6) is -2.29. The molecule has 1 aromatic carbocycles. The van der Waals surface area contributed by atoms with Gasteiger partial charge >= 0.3 is 5.97 Å². The van der Waals surface area contributed by atoms with Crippen LogP contribution >= 0.6 is 0 Å². The lowest BCUT2D eigenvalue weighted by Gasteiger charge is -2.06. The molecule has 0 atom stereocenters. The Kier molecular flexibility index (Phi) is 4.69. The van der Waals surface area contributed by atoms with Crippen LogP contribution in [-0.4, -0.2) is 19.2 Å². The summed E-state index contributed by atoms with van der Waals surface area (Å²) in [4.78, 5) is 11.0. The maximum absolute atomic E-state index is 13.0. The third-order valence-corrected chi connectivity index (χ3v) is 1.71. The van der Waals surface area contributed by atoms with Crippen LogP contribution in [0.3, 0.4) is 0 Å². The van der Waals surface area contributed by atoms with Crippen LogP contribution in [0.1, 0.15) is 13.3 Å². The predicted octanol–water partition coefficient (Wildman–Crippen LogP) is 2.30. The number of carbonyl (C=O) groups excluding carboxylic acids is 1. The molecule has 1 aromatic rings. The summed E-state index contributed by atoms with van der Waals surface area (Å²) in [6, 6.07) is 2.86. The zero-order valence-electron chi connectivity index (χ0n) is 8.83. The fraction of sp³-hybridized carbons (Fsp3) is 0.364. The van der Waals surface area contributed by atoms with E-state index in [4.69, 9.17) is 9.47 Å². The highest BCUT2D eigenvalue weighted by Gasteiger charge is 2.08. The first-order valence-corrected chi connectivity index (χ1v) is 4.87. The van der Waals surface area contributed by atoms with E-state index in [1.807, 2.05) is 6.92 Å². The highest BCUT2D eigenvalue weighted by Crippen LogP contribution is 2.17. The second kappa shape index (κ2) is 6.05. The molecule has 0 aliphatic rings. The Balaban J connectivity index is 2.45. The van der Waals surface area contributed by atoms with Gasteiger partial charge in [-0.1, -0.05) is 6.92 Å². The molecule has 0 aliphatic carbocycles. The monoisotopic (exact) mass is 230 g/mol. The van der Waals surface area contributed by atoms with Crippen molar-refractivity contribution in [2.24, 2.45) is 0 Å². The molecule has 0 amide bonds. The lowest BCUT2D eigenvalue weighted by Crippen LogP contribution is -2.15. The number of rotatable bonds is 5. The van der Waals surface area contributed by atoms with Crippen molar-refractivity contribution in [3.05, 3.63) is 29.8 Å². The standard InChI is InChI=1S/C11H12F2O3/c1-2-5-15-11(14)7-16-10-4-3-8(12)6-9(10)13/h3-4,6H,2,5,7H2,1H3. The Morgan fingerprint density at radius 3 is 2.75 bits per heavy atom. The third-order valence-electron chi connectivity index (χ3n) is 1.71. The zero-order chi connectivity index (χ0) is 12.0. The maximum atomic E-state index is 13.0. The molecule has 5 heteroatoms. The van der Waals surface area contributed by atoms with Gasteiger partial charge in [0, 0.05) is 6.07 Å². The molecule has 0 radical (unpaired) electrons. The van der Waals surface area contributed by atoms with E-state index in [2.05, 4.69) is 0 Å². The molecule has 0 spiro atoms. The van der Waals surface area contributed by atoms with Crippen molar-refractivity contribution in [2.75, 3.05) is 13.2 Å². The maximum Gasteiger partial charge on any atom is 0.344 e. The van der Waals surface area contributed by atoms with Crippen LogP contribution in [-0.2, 0) is 9.53 Å². The Hall–Kier alpha value is -1.65. The van der Waals surface area contributed by atoms with E-state index in [9.17, 15) is 13.6 Å². The van der Waals surface area contributed by atoms with Gasteiger partial charge in [-0.15, -0.1) is 0 Å². The molecule has 0 heterocycles. The minimum atomic E-state index is -0.844. The van der Waals surface area contributed by atoms with Crippen molar-refractivity contribution in [3.63, 3.8) is 0 Å². The van der Waals surface area contributed by atoms with Gasteiger partial charge in [-0.2, -0.15) is 0 Å². The van der Waals surface area contributed by atoms with E-state index >= 15 is 0 Å². The van der Waals surface area contributed by atoms with Crippen molar-refractivity contribution < 1.29 is 23.0 Å². The second-order valence-electron chi connectivity index (χ2n) is 3.08. The van der Waals surface area contributed by atoms with Gasteiger partial charge < -0.3 is 9.47 Å². The van der Waals surface area contributed by atoms with Crippen LogP contribution in [0.4, 0.5) is 8.78 Å². The van der Waals surface area contributed by atoms with Gasteiger partial charge in [0.15, 0.2) is 18.2 Å². The smallest absolute Gasteiger partial charge is 0.344 e. The summed E-state index contributed by atoms with van der Waals surface area (Å²) in [7, 11) is 0. The number of ether oxygens (including phenoxy) is 2. The Labute approximate surface area is 92.0 Å². The van der Waals surface area contributed by atoms with Gasteiger partial charge in [0.1, 0.15) is 5.82 Å². The first-order chi connectivity index (χ1) is 7.63. The van der Waals surface area contributed by atoms with Crippen molar-refractivity contribution in [1.29, 1.82) is 0 Å². The summed E-state index contributed by atoms with van der Waals surface area (Å²) in [6.45, 7) is 1.77. The number of halogens is 2. The molecule has 0 fully saturated rings. The topological polar surface area (TPSA) is 35.5 Å². The van der Waals surface area contributed by atoms with Crippen molar-refractivity contribution in [3.8, 4) is 5.75 Å². The number of hydrogen-bond donors (Lipinski definition) is 0. The van der Waals surface area contributed by atoms with Crippen LogP contribution < -0.4 is 4.74 Å². The first kappa shape index (κ1) is 12.4. The van der Waals surface area contributed by atoms with Gasteiger partial charge in [-0.3, -0.25) is 0 Å². The summed E-state index contributed by atoms with van der Waals surface area (Å²) in [5, 5.41) is 0. The molecule has 3 nitrogen and oxygen atoms in total. The predicted molar refractivity (Wildman–Crippen MR) is 53.1 cm³/mol. The molecule has 0 unspecified atom stereocenters. The van der Waals surface area contributed by atoms with Crippen LogP contribution in [0, 0.1) is 11.6 Å². The largest absolute Gasteiger partial charge is 0.479 e. The second-order valence-corrected chi connectivity index (χ2v) is 3.08. The number of benzene rings is 1. The highest BCUT2D eigenvalue weighted by atomic mass is 19.1. The van der Waals surface area contributed by atoms with Gasteiger partial charge in [-0.05, 0) is 18.6 Å². The first-order valence-electron chi connectivity index (χ1n) is 4.87. The number of esters is 1. The summed E-state index contributed by atoms with van der Waals surface area (Å²) in [6.07, 6.45) is 0.705. The molecular formula is C11H12F2O3. The molecule has 0 bridgehead atoms. The SMILES string of the molecule is CCCOC(=O)COc1ccc(F)cc1F. The van der Waals surface area contributed by atoms with E-state index < -0.39 is 17.6 Å². The van der Waals surface area contributed by atoms with Crippen molar-refractivity contribution in [1.82, 2.24) is 0 Å². The molecule has 0 aromatic heterocycles. The van der Waals surface area contributed by atoms with E-state index in [1.54, 1.807) is 0 Å². The average molecular weight is 230 g/mol. The summed E-state index contributed by atoms with van der Waals surface area (Å²) >= 11 is 0. The molecule has 0 N–H and O–H groups in total. The van der Waals surface area contributed by atoms with Gasteiger partial charge in [-0.25, -0.2) is 13.6 Å². The molecule has 0 aliphatic heterocycles. The lowest BCUT2D eigenvalue weighted by molar-refractivity contribution is -0.146. The van der Waals surface area contributed by atoms with Gasteiger partial charge in [0.25, 0.3) is 0 Å². The molecule has 16 heavy (non-hydrogen) atoms. The molecule has 1 rings (SSSR count). The van der Waals surface area contributed by atoms with E-state index in [-0.39, 0.29) is 12.4 Å². The van der Waals surface area contributed by atoms with E-state index in [0.717, 1.165) is 12.1 Å². The molecular weight excluding hydrogens is 218 g/mol. The quantitative estimate of drug-likeness (QED) is 0.728. The minimum absolute atomic E-state index is 0.171. The molecule has 88 valence electrons. The minimum Gasteiger partial charge on any atom is -0.479 e. The fourth-order valence-corrected chi connectivity index (χ4v) is 0.987. The third kappa shape index (κ3) is 3.84. The molecule has 0 saturated heterocycles. The van der Waals surface area contributed by atoms with E-state index in [0.29, 0.717) is 19.1 Å². The number of hydrogen-bond acceptors (Lipinski definition) is 3.